The van der Waals surface area contributed by atoms with Gasteiger partial charge in [0, 0.05) is 49.0 Å². The molecular formula is C27H31ClN4O4. The molecule has 2 N–H and O–H groups in total. The number of nitrogens with one attached hydrogen (secondary N) is 1. The average Bonchev–Trinajstić information content (AvgIpc) is 2.90. The molecule has 3 heterocycles. The van der Waals surface area contributed by atoms with Crippen molar-refractivity contribution < 1.29 is 14.6 Å². The minimum absolute atomic E-state index is 0.0149. The summed E-state index contributed by atoms with van der Waals surface area (Å²) in [5.74, 6) is -0.849. The number of benzene rings is 1. The number of hydrogen-bond donors (Lipinski definition) is 2. The van der Waals surface area contributed by atoms with Gasteiger partial charge in [0.1, 0.15) is 17.0 Å². The van der Waals surface area contributed by atoms with Crippen molar-refractivity contribution in [1.29, 1.82) is 0 Å². The molecule has 1 saturated carbocycles. The predicted molar refractivity (Wildman–Crippen MR) is 140 cm³/mol. The van der Waals surface area contributed by atoms with E-state index < -0.39 is 11.5 Å². The van der Waals surface area contributed by atoms with E-state index in [4.69, 9.17) is 16.3 Å². The van der Waals surface area contributed by atoms with Crippen LogP contribution in [0.2, 0.25) is 5.02 Å². The van der Waals surface area contributed by atoms with E-state index in [1.165, 1.54) is 4.57 Å². The highest BCUT2D eigenvalue weighted by molar-refractivity contribution is 6.30. The number of nitrogens with zero attached hydrogens (tertiary/aromatic N) is 3. The molecule has 0 atom stereocenters. The number of aromatic nitrogens is 2. The van der Waals surface area contributed by atoms with Crippen LogP contribution in [0, 0.1) is 0 Å². The van der Waals surface area contributed by atoms with Gasteiger partial charge in [0.25, 0.3) is 11.5 Å². The molecule has 0 unspecified atom stereocenters. The predicted octanol–water partition coefficient (Wildman–Crippen LogP) is 3.82. The Balaban J connectivity index is 1.56. The van der Waals surface area contributed by atoms with Crippen molar-refractivity contribution in [2.45, 2.75) is 44.7 Å². The molecule has 8 nitrogen and oxygen atoms in total. The molecule has 9 heteroatoms. The number of aromatic hydroxyl groups is 1. The van der Waals surface area contributed by atoms with Gasteiger partial charge in [-0.2, -0.15) is 0 Å². The Morgan fingerprint density at radius 1 is 1.08 bits per heavy atom. The van der Waals surface area contributed by atoms with Crippen molar-refractivity contribution >= 4 is 28.5 Å². The minimum Gasteiger partial charge on any atom is -0.506 e. The molecule has 1 aliphatic carbocycles. The van der Waals surface area contributed by atoms with Crippen LogP contribution in [0.3, 0.4) is 0 Å². The van der Waals surface area contributed by atoms with Crippen molar-refractivity contribution in [3.05, 3.63) is 57.5 Å². The third-order valence-electron chi connectivity index (χ3n) is 7.16. The van der Waals surface area contributed by atoms with Crippen LogP contribution < -0.4 is 10.9 Å². The summed E-state index contributed by atoms with van der Waals surface area (Å²) in [6.45, 7) is 3.86. The smallest absolute Gasteiger partial charge is 0.268 e. The fraction of sp³-hybridized carbons (Fsp3) is 0.444. The standard InChI is InChI=1S/C27H31ClN4O4/c28-20-8-6-18(7-9-20)19-16-22-24(33)23(26(34)30-21-4-2-1-3-5-21)27(35)32(25(22)29-17-19)11-10-31-12-14-36-15-13-31/h6-9,16-17,21,33H,1-5,10-15H2,(H,30,34). The molecule has 5 rings (SSSR count). The first-order valence-electron chi connectivity index (χ1n) is 12.6. The summed E-state index contributed by atoms with van der Waals surface area (Å²) in [6.07, 6.45) is 6.69. The van der Waals surface area contributed by atoms with Crippen molar-refractivity contribution in [1.82, 2.24) is 19.8 Å². The number of fused-ring (bicyclic) bond motifs is 1. The van der Waals surface area contributed by atoms with Gasteiger partial charge in [0.05, 0.1) is 18.6 Å². The van der Waals surface area contributed by atoms with Crippen molar-refractivity contribution in [3.8, 4) is 16.9 Å². The van der Waals surface area contributed by atoms with Crippen LogP contribution in [0.1, 0.15) is 42.5 Å². The molecule has 2 aromatic heterocycles. The van der Waals surface area contributed by atoms with Crippen molar-refractivity contribution in [2.24, 2.45) is 0 Å². The fourth-order valence-electron chi connectivity index (χ4n) is 5.10. The second-order valence-electron chi connectivity index (χ2n) is 9.54. The summed E-state index contributed by atoms with van der Waals surface area (Å²) in [7, 11) is 0. The number of ether oxygens (including phenoxy) is 1. The molecule has 1 aliphatic heterocycles. The summed E-state index contributed by atoms with van der Waals surface area (Å²) < 4.78 is 6.95. The third-order valence-corrected chi connectivity index (χ3v) is 7.41. The SMILES string of the molecule is O=C(NC1CCCCC1)c1c(O)c2cc(-c3ccc(Cl)cc3)cnc2n(CCN2CCOCC2)c1=O. The first kappa shape index (κ1) is 24.7. The number of carbonyl (C=O) groups excluding carboxylic acids is 1. The van der Waals surface area contributed by atoms with E-state index in [0.717, 1.165) is 56.3 Å². The summed E-state index contributed by atoms with van der Waals surface area (Å²) >= 11 is 6.04. The molecule has 2 fully saturated rings. The normalized spacial score (nSPS) is 17.4. The lowest BCUT2D eigenvalue weighted by molar-refractivity contribution is 0.0364. The molecule has 2 aliphatic rings. The molecule has 0 bridgehead atoms. The van der Waals surface area contributed by atoms with E-state index in [-0.39, 0.29) is 17.4 Å². The van der Waals surface area contributed by atoms with E-state index in [2.05, 4.69) is 15.2 Å². The molecule has 0 radical (unpaired) electrons. The van der Waals surface area contributed by atoms with Gasteiger partial charge in [-0.05, 0) is 36.6 Å². The zero-order valence-corrected chi connectivity index (χ0v) is 21.0. The van der Waals surface area contributed by atoms with Crippen LogP contribution in [-0.2, 0) is 11.3 Å². The number of pyridine rings is 2. The molecule has 190 valence electrons. The molecular weight excluding hydrogens is 480 g/mol. The topological polar surface area (TPSA) is 96.7 Å². The summed E-state index contributed by atoms with van der Waals surface area (Å²) in [6, 6.07) is 9.10. The maximum absolute atomic E-state index is 13.6. The van der Waals surface area contributed by atoms with Crippen LogP contribution in [0.5, 0.6) is 5.75 Å². The first-order valence-corrected chi connectivity index (χ1v) is 13.0. The maximum Gasteiger partial charge on any atom is 0.268 e. The fourth-order valence-corrected chi connectivity index (χ4v) is 5.22. The number of carbonyl (C=O) groups is 1. The summed E-state index contributed by atoms with van der Waals surface area (Å²) in [5.41, 5.74) is 1.25. The molecule has 1 amide bonds. The largest absolute Gasteiger partial charge is 0.506 e. The second-order valence-corrected chi connectivity index (χ2v) is 9.98. The summed E-state index contributed by atoms with van der Waals surface area (Å²) in [5, 5.41) is 15.2. The number of halogens is 1. The number of rotatable bonds is 6. The monoisotopic (exact) mass is 510 g/mol. The zero-order valence-electron chi connectivity index (χ0n) is 20.2. The van der Waals surface area contributed by atoms with Crippen molar-refractivity contribution in [2.75, 3.05) is 32.8 Å². The maximum atomic E-state index is 13.6. The Morgan fingerprint density at radius 3 is 2.53 bits per heavy atom. The van der Waals surface area contributed by atoms with Gasteiger partial charge in [-0.25, -0.2) is 4.98 Å². The molecule has 3 aromatic rings. The molecule has 36 heavy (non-hydrogen) atoms. The Morgan fingerprint density at radius 2 is 1.81 bits per heavy atom. The lowest BCUT2D eigenvalue weighted by Gasteiger charge is -2.27. The van der Waals surface area contributed by atoms with Crippen LogP contribution in [0.25, 0.3) is 22.2 Å². The van der Waals surface area contributed by atoms with E-state index in [0.29, 0.717) is 42.4 Å². The van der Waals surface area contributed by atoms with E-state index in [1.54, 1.807) is 24.4 Å². The van der Waals surface area contributed by atoms with E-state index in [1.807, 2.05) is 12.1 Å². The lowest BCUT2D eigenvalue weighted by atomic mass is 9.95. The number of hydrogen-bond acceptors (Lipinski definition) is 6. The van der Waals surface area contributed by atoms with Crippen molar-refractivity contribution in [3.63, 3.8) is 0 Å². The number of amides is 1. The Bertz CT molecular complexity index is 1300. The van der Waals surface area contributed by atoms with Crippen LogP contribution in [-0.4, -0.2) is 64.4 Å². The van der Waals surface area contributed by atoms with E-state index >= 15 is 0 Å². The van der Waals surface area contributed by atoms with Gasteiger partial charge in [0.2, 0.25) is 0 Å². The molecule has 1 aromatic carbocycles. The van der Waals surface area contributed by atoms with Gasteiger partial charge < -0.3 is 15.2 Å². The average molecular weight is 511 g/mol. The van der Waals surface area contributed by atoms with E-state index in [9.17, 15) is 14.7 Å². The highest BCUT2D eigenvalue weighted by Gasteiger charge is 2.26. The quantitative estimate of drug-likeness (QED) is 0.523. The molecule has 1 saturated heterocycles. The van der Waals surface area contributed by atoms with Crippen LogP contribution in [0.4, 0.5) is 0 Å². The minimum atomic E-state index is -0.525. The van der Waals surface area contributed by atoms with Gasteiger partial charge in [-0.1, -0.05) is 43.0 Å². The van der Waals surface area contributed by atoms with Gasteiger partial charge in [0.15, 0.2) is 0 Å². The van der Waals surface area contributed by atoms with Gasteiger partial charge in [-0.3, -0.25) is 19.1 Å². The molecule has 0 spiro atoms. The highest BCUT2D eigenvalue weighted by atomic mass is 35.5. The Hall–Kier alpha value is -2.94. The van der Waals surface area contributed by atoms with Gasteiger partial charge in [-0.15, -0.1) is 0 Å². The van der Waals surface area contributed by atoms with Crippen LogP contribution in [0.15, 0.2) is 41.3 Å². The second kappa shape index (κ2) is 11.0. The summed E-state index contributed by atoms with van der Waals surface area (Å²) in [4.78, 5) is 33.7. The Labute approximate surface area is 214 Å². The highest BCUT2D eigenvalue weighted by Crippen LogP contribution is 2.30. The zero-order chi connectivity index (χ0) is 25.1. The Kier molecular flexibility index (Phi) is 7.55. The third kappa shape index (κ3) is 5.26. The van der Waals surface area contributed by atoms with Crippen LogP contribution >= 0.6 is 11.6 Å². The lowest BCUT2D eigenvalue weighted by Crippen LogP contribution is -2.42. The first-order chi connectivity index (χ1) is 17.5. The number of morpholine rings is 1. The van der Waals surface area contributed by atoms with Gasteiger partial charge >= 0.3 is 0 Å².